The van der Waals surface area contributed by atoms with Crippen LogP contribution in [0.2, 0.25) is 0 Å². The van der Waals surface area contributed by atoms with Crippen LogP contribution in [0, 0.1) is 23.7 Å². The molecule has 6 unspecified atom stereocenters. The van der Waals surface area contributed by atoms with Crippen LogP contribution in [0.4, 0.5) is 0 Å². The van der Waals surface area contributed by atoms with Gasteiger partial charge in [0, 0.05) is 12.3 Å². The lowest BCUT2D eigenvalue weighted by atomic mass is 9.56. The van der Waals surface area contributed by atoms with Crippen molar-refractivity contribution in [2.24, 2.45) is 23.7 Å². The zero-order chi connectivity index (χ0) is 13.6. The Balaban J connectivity index is 1.59. The molecule has 0 aromatic heterocycles. The monoisotopic (exact) mass is 268 g/mol. The molecular weight excluding hydrogens is 248 g/mol. The van der Waals surface area contributed by atoms with Crippen LogP contribution < -0.4 is 0 Å². The average Bonchev–Trinajstić information content (AvgIpc) is 2.69. The predicted octanol–water partition coefficient (Wildman–Crippen LogP) is 1.50. The van der Waals surface area contributed by atoms with Crippen molar-refractivity contribution in [2.45, 2.75) is 45.3 Å². The number of ether oxygens (including phenoxy) is 3. The Bertz CT molecular complexity index is 393. The van der Waals surface area contributed by atoms with E-state index >= 15 is 0 Å². The molecule has 1 saturated heterocycles. The molecule has 1 aliphatic heterocycles. The number of hydrogen-bond acceptors (Lipinski definition) is 5. The van der Waals surface area contributed by atoms with Crippen LogP contribution in [0.25, 0.3) is 0 Å². The SMILES string of the molecule is CCC(=O)OCOC1C2CC(C)CC3C(=O)OC1C32. The summed E-state index contributed by atoms with van der Waals surface area (Å²) in [5, 5.41) is 0. The summed E-state index contributed by atoms with van der Waals surface area (Å²) in [4.78, 5) is 22.9. The maximum absolute atomic E-state index is 11.8. The first-order chi connectivity index (χ1) is 9.11. The van der Waals surface area contributed by atoms with E-state index in [9.17, 15) is 9.59 Å². The molecule has 1 heterocycles. The summed E-state index contributed by atoms with van der Waals surface area (Å²) in [5.41, 5.74) is 0. The first kappa shape index (κ1) is 12.9. The maximum atomic E-state index is 11.8. The molecule has 0 aromatic rings. The third-order valence-electron chi connectivity index (χ3n) is 4.74. The zero-order valence-corrected chi connectivity index (χ0v) is 11.3. The van der Waals surface area contributed by atoms with E-state index < -0.39 is 0 Å². The number of carbonyl (C=O) groups is 2. The Morgan fingerprint density at radius 3 is 2.95 bits per heavy atom. The molecule has 19 heavy (non-hydrogen) atoms. The second kappa shape index (κ2) is 4.78. The fraction of sp³-hybridized carbons (Fsp3) is 0.857. The van der Waals surface area contributed by atoms with E-state index in [4.69, 9.17) is 14.2 Å². The van der Waals surface area contributed by atoms with Gasteiger partial charge in [0.25, 0.3) is 0 Å². The highest BCUT2D eigenvalue weighted by Crippen LogP contribution is 2.56. The highest BCUT2D eigenvalue weighted by Gasteiger charge is 2.64. The molecule has 0 radical (unpaired) electrons. The second-order valence-electron chi connectivity index (χ2n) is 5.94. The molecule has 0 bridgehead atoms. The maximum Gasteiger partial charge on any atom is 0.309 e. The standard InChI is InChI=1S/C14H20O5/c1-3-10(15)17-6-18-12-8-4-7(2)5-9-11(8)13(12)19-14(9)16/h7-9,11-13H,3-6H2,1-2H3. The third kappa shape index (κ3) is 2.04. The Hall–Kier alpha value is -1.10. The van der Waals surface area contributed by atoms with E-state index in [1.54, 1.807) is 6.92 Å². The molecule has 6 atom stereocenters. The van der Waals surface area contributed by atoms with Crippen molar-refractivity contribution in [1.82, 2.24) is 0 Å². The van der Waals surface area contributed by atoms with Crippen molar-refractivity contribution in [3.63, 3.8) is 0 Å². The first-order valence-electron chi connectivity index (χ1n) is 7.09. The molecule has 3 fully saturated rings. The number of esters is 2. The van der Waals surface area contributed by atoms with Crippen molar-refractivity contribution in [1.29, 1.82) is 0 Å². The highest BCUT2D eigenvalue weighted by atomic mass is 16.7. The fourth-order valence-corrected chi connectivity index (χ4v) is 3.87. The molecule has 5 heteroatoms. The number of rotatable bonds is 4. The van der Waals surface area contributed by atoms with Gasteiger partial charge >= 0.3 is 11.9 Å². The van der Waals surface area contributed by atoms with Gasteiger partial charge in [-0.1, -0.05) is 13.8 Å². The number of hydrogen-bond donors (Lipinski definition) is 0. The second-order valence-corrected chi connectivity index (χ2v) is 5.94. The molecule has 3 rings (SSSR count). The molecule has 3 aliphatic rings. The average molecular weight is 268 g/mol. The van der Waals surface area contributed by atoms with Crippen LogP contribution in [0.3, 0.4) is 0 Å². The summed E-state index contributed by atoms with van der Waals surface area (Å²) >= 11 is 0. The quantitative estimate of drug-likeness (QED) is 0.571. The van der Waals surface area contributed by atoms with Gasteiger partial charge in [-0.25, -0.2) is 0 Å². The van der Waals surface area contributed by atoms with Gasteiger partial charge in [-0.15, -0.1) is 0 Å². The molecule has 5 nitrogen and oxygen atoms in total. The van der Waals surface area contributed by atoms with Crippen LogP contribution in [0.5, 0.6) is 0 Å². The lowest BCUT2D eigenvalue weighted by Gasteiger charge is -2.51. The van der Waals surface area contributed by atoms with E-state index in [1.807, 2.05) is 0 Å². The third-order valence-corrected chi connectivity index (χ3v) is 4.74. The van der Waals surface area contributed by atoms with Gasteiger partial charge in [-0.2, -0.15) is 0 Å². The van der Waals surface area contributed by atoms with E-state index in [1.165, 1.54) is 0 Å². The van der Waals surface area contributed by atoms with Gasteiger partial charge < -0.3 is 14.2 Å². The minimum Gasteiger partial charge on any atom is -0.459 e. The summed E-state index contributed by atoms with van der Waals surface area (Å²) < 4.78 is 16.0. The van der Waals surface area contributed by atoms with Crippen LogP contribution in [-0.2, 0) is 23.8 Å². The molecular formula is C14H20O5. The summed E-state index contributed by atoms with van der Waals surface area (Å²) in [7, 11) is 0. The Morgan fingerprint density at radius 2 is 2.21 bits per heavy atom. The van der Waals surface area contributed by atoms with Gasteiger partial charge in [-0.05, 0) is 24.7 Å². The van der Waals surface area contributed by atoms with Crippen LogP contribution in [0.1, 0.15) is 33.1 Å². The van der Waals surface area contributed by atoms with Gasteiger partial charge in [0.1, 0.15) is 12.2 Å². The van der Waals surface area contributed by atoms with E-state index in [-0.39, 0.29) is 36.9 Å². The molecule has 106 valence electrons. The van der Waals surface area contributed by atoms with Gasteiger partial charge in [0.05, 0.1) is 5.92 Å². The molecule has 2 aliphatic carbocycles. The minimum atomic E-state index is -0.269. The largest absolute Gasteiger partial charge is 0.459 e. The Labute approximate surface area is 112 Å². The van der Waals surface area contributed by atoms with Crippen molar-refractivity contribution < 1.29 is 23.8 Å². The summed E-state index contributed by atoms with van der Waals surface area (Å²) in [6.45, 7) is 3.88. The van der Waals surface area contributed by atoms with E-state index in [0.29, 0.717) is 24.2 Å². The molecule has 0 aromatic carbocycles. The smallest absolute Gasteiger partial charge is 0.309 e. The predicted molar refractivity (Wildman–Crippen MR) is 64.9 cm³/mol. The summed E-state index contributed by atoms with van der Waals surface area (Å²) in [6.07, 6.45) is 2.15. The minimum absolute atomic E-state index is 0.0341. The molecule has 0 spiro atoms. The van der Waals surface area contributed by atoms with E-state index in [0.717, 1.165) is 12.8 Å². The fourth-order valence-electron chi connectivity index (χ4n) is 3.87. The van der Waals surface area contributed by atoms with Gasteiger partial charge in [0.15, 0.2) is 6.79 Å². The van der Waals surface area contributed by atoms with Crippen molar-refractivity contribution in [2.75, 3.05) is 6.79 Å². The van der Waals surface area contributed by atoms with Gasteiger partial charge in [0.2, 0.25) is 0 Å². The van der Waals surface area contributed by atoms with Crippen molar-refractivity contribution in [3.05, 3.63) is 0 Å². The zero-order valence-electron chi connectivity index (χ0n) is 11.3. The topological polar surface area (TPSA) is 61.8 Å². The summed E-state index contributed by atoms with van der Waals surface area (Å²) in [5.74, 6) is 0.970. The molecule has 0 N–H and O–H groups in total. The Kier molecular flexibility index (Phi) is 3.25. The normalized spacial score (nSPS) is 43.2. The van der Waals surface area contributed by atoms with Crippen LogP contribution >= 0.6 is 0 Å². The first-order valence-corrected chi connectivity index (χ1v) is 7.09. The van der Waals surface area contributed by atoms with Crippen LogP contribution in [0.15, 0.2) is 0 Å². The molecule has 0 amide bonds. The lowest BCUT2D eigenvalue weighted by molar-refractivity contribution is -0.218. The lowest BCUT2D eigenvalue weighted by Crippen LogP contribution is -2.59. The van der Waals surface area contributed by atoms with Crippen molar-refractivity contribution in [3.8, 4) is 0 Å². The van der Waals surface area contributed by atoms with Gasteiger partial charge in [-0.3, -0.25) is 9.59 Å². The summed E-state index contributed by atoms with van der Waals surface area (Å²) in [6, 6.07) is 0. The van der Waals surface area contributed by atoms with Crippen LogP contribution in [-0.4, -0.2) is 30.9 Å². The Morgan fingerprint density at radius 1 is 1.42 bits per heavy atom. The van der Waals surface area contributed by atoms with Crippen molar-refractivity contribution >= 4 is 11.9 Å². The highest BCUT2D eigenvalue weighted by molar-refractivity contribution is 5.76. The van der Waals surface area contributed by atoms with E-state index in [2.05, 4.69) is 6.92 Å². The molecule has 2 saturated carbocycles. The number of carbonyl (C=O) groups excluding carboxylic acids is 2.